The van der Waals surface area contributed by atoms with Gasteiger partial charge in [0.1, 0.15) is 5.75 Å². The third kappa shape index (κ3) is 4.35. The van der Waals surface area contributed by atoms with Crippen molar-refractivity contribution in [3.05, 3.63) is 18.2 Å². The fourth-order valence-electron chi connectivity index (χ4n) is 2.82. The van der Waals surface area contributed by atoms with Crippen LogP contribution in [0.15, 0.2) is 23.1 Å². The summed E-state index contributed by atoms with van der Waals surface area (Å²) < 4.78 is 32.2. The van der Waals surface area contributed by atoms with E-state index >= 15 is 0 Å². The van der Waals surface area contributed by atoms with Crippen LogP contribution in [0.25, 0.3) is 0 Å². The lowest BCUT2D eigenvalue weighted by molar-refractivity contribution is 0.339. The summed E-state index contributed by atoms with van der Waals surface area (Å²) in [6.07, 6.45) is 7.20. The lowest BCUT2D eigenvalue weighted by Gasteiger charge is -2.21. The average molecular weight is 312 g/mol. The summed E-state index contributed by atoms with van der Waals surface area (Å²) in [6.45, 7) is 0.486. The SMILES string of the molecule is COc1cc(S(=O)(=O)NCCC2CCCCC2)ccc1N. The Balaban J connectivity index is 1.94. The van der Waals surface area contributed by atoms with Gasteiger partial charge in [0.15, 0.2) is 0 Å². The van der Waals surface area contributed by atoms with Gasteiger partial charge < -0.3 is 10.5 Å². The summed E-state index contributed by atoms with van der Waals surface area (Å²) in [5, 5.41) is 0. The molecule has 3 N–H and O–H groups in total. The van der Waals surface area contributed by atoms with E-state index in [4.69, 9.17) is 10.5 Å². The molecule has 1 aromatic carbocycles. The first kappa shape index (κ1) is 16.1. The van der Waals surface area contributed by atoms with E-state index in [0.717, 1.165) is 6.42 Å². The zero-order valence-corrected chi connectivity index (χ0v) is 13.3. The molecule has 1 fully saturated rings. The zero-order valence-electron chi connectivity index (χ0n) is 12.5. The molecule has 0 radical (unpaired) electrons. The van der Waals surface area contributed by atoms with E-state index in [2.05, 4.69) is 4.72 Å². The van der Waals surface area contributed by atoms with Crippen LogP contribution in [0.1, 0.15) is 38.5 Å². The van der Waals surface area contributed by atoms with Gasteiger partial charge in [0.2, 0.25) is 10.0 Å². The van der Waals surface area contributed by atoms with E-state index in [-0.39, 0.29) is 4.90 Å². The van der Waals surface area contributed by atoms with Crippen molar-refractivity contribution >= 4 is 15.7 Å². The van der Waals surface area contributed by atoms with Gasteiger partial charge in [-0.2, -0.15) is 0 Å². The highest BCUT2D eigenvalue weighted by atomic mass is 32.2. The molecule has 0 saturated heterocycles. The van der Waals surface area contributed by atoms with Crippen molar-refractivity contribution in [2.75, 3.05) is 19.4 Å². The predicted octanol–water partition coefficient (Wildman–Crippen LogP) is 2.53. The maximum absolute atomic E-state index is 12.2. The molecule has 0 aromatic heterocycles. The van der Waals surface area contributed by atoms with Crippen molar-refractivity contribution < 1.29 is 13.2 Å². The van der Waals surface area contributed by atoms with Crippen LogP contribution in [-0.2, 0) is 10.0 Å². The molecule has 2 rings (SSSR count). The van der Waals surface area contributed by atoms with E-state index in [1.54, 1.807) is 6.07 Å². The number of anilines is 1. The highest BCUT2D eigenvalue weighted by Crippen LogP contribution is 2.27. The molecule has 0 bridgehead atoms. The van der Waals surface area contributed by atoms with Gasteiger partial charge in [0, 0.05) is 12.6 Å². The molecule has 5 nitrogen and oxygen atoms in total. The van der Waals surface area contributed by atoms with Crippen molar-refractivity contribution in [2.24, 2.45) is 5.92 Å². The predicted molar refractivity (Wildman–Crippen MR) is 83.8 cm³/mol. The van der Waals surface area contributed by atoms with Gasteiger partial charge in [-0.25, -0.2) is 13.1 Å². The molecule has 0 unspecified atom stereocenters. The second-order valence-corrected chi connectivity index (χ2v) is 7.36. The minimum Gasteiger partial charge on any atom is -0.495 e. The van der Waals surface area contributed by atoms with Crippen molar-refractivity contribution in [2.45, 2.75) is 43.4 Å². The van der Waals surface area contributed by atoms with E-state index in [9.17, 15) is 8.42 Å². The first-order chi connectivity index (χ1) is 10.0. The molecule has 21 heavy (non-hydrogen) atoms. The van der Waals surface area contributed by atoms with Crippen LogP contribution in [0.4, 0.5) is 5.69 Å². The summed E-state index contributed by atoms with van der Waals surface area (Å²) in [7, 11) is -2.03. The maximum atomic E-state index is 12.2. The molecule has 0 spiro atoms. The number of sulfonamides is 1. The molecule has 1 aliphatic carbocycles. The normalized spacial score (nSPS) is 16.8. The van der Waals surface area contributed by atoms with E-state index in [1.165, 1.54) is 51.3 Å². The Kier molecular flexibility index (Phi) is 5.47. The van der Waals surface area contributed by atoms with Crippen LogP contribution in [0.2, 0.25) is 0 Å². The molecule has 118 valence electrons. The molecular weight excluding hydrogens is 288 g/mol. The summed E-state index contributed by atoms with van der Waals surface area (Å²) in [5.41, 5.74) is 6.13. The second-order valence-electron chi connectivity index (χ2n) is 5.59. The van der Waals surface area contributed by atoms with E-state index < -0.39 is 10.0 Å². The van der Waals surface area contributed by atoms with Gasteiger partial charge in [0.05, 0.1) is 17.7 Å². The van der Waals surface area contributed by atoms with E-state index in [0.29, 0.717) is 23.9 Å². The second kappa shape index (κ2) is 7.13. The van der Waals surface area contributed by atoms with Gasteiger partial charge in [-0.1, -0.05) is 32.1 Å². The molecule has 0 aliphatic heterocycles. The third-order valence-electron chi connectivity index (χ3n) is 4.08. The fourth-order valence-corrected chi connectivity index (χ4v) is 3.88. The number of methoxy groups -OCH3 is 1. The smallest absolute Gasteiger partial charge is 0.240 e. The summed E-state index contributed by atoms with van der Waals surface area (Å²) in [6, 6.07) is 4.51. The topological polar surface area (TPSA) is 81.4 Å². The number of rotatable bonds is 6. The Morgan fingerprint density at radius 1 is 1.29 bits per heavy atom. The number of nitrogens with two attached hydrogens (primary N) is 1. The third-order valence-corrected chi connectivity index (χ3v) is 5.54. The highest BCUT2D eigenvalue weighted by molar-refractivity contribution is 7.89. The number of nitrogen functional groups attached to an aromatic ring is 1. The monoisotopic (exact) mass is 312 g/mol. The van der Waals surface area contributed by atoms with Crippen LogP contribution in [0.3, 0.4) is 0 Å². The van der Waals surface area contributed by atoms with Crippen LogP contribution >= 0.6 is 0 Å². The molecular formula is C15H24N2O3S. The summed E-state index contributed by atoms with van der Waals surface area (Å²) in [5.74, 6) is 1.03. The molecule has 1 aromatic rings. The van der Waals surface area contributed by atoms with Crippen LogP contribution in [0.5, 0.6) is 5.75 Å². The zero-order chi connectivity index (χ0) is 15.3. The standard InChI is InChI=1S/C15H24N2O3S/c1-20-15-11-13(7-8-14(15)16)21(18,19)17-10-9-12-5-3-2-4-6-12/h7-8,11-12,17H,2-6,9-10,16H2,1H3. The first-order valence-corrected chi connectivity index (χ1v) is 8.94. The molecule has 1 aliphatic rings. The van der Waals surface area contributed by atoms with Crippen molar-refractivity contribution in [1.82, 2.24) is 4.72 Å². The fraction of sp³-hybridized carbons (Fsp3) is 0.600. The lowest BCUT2D eigenvalue weighted by Crippen LogP contribution is -2.26. The van der Waals surface area contributed by atoms with Gasteiger partial charge >= 0.3 is 0 Å². The van der Waals surface area contributed by atoms with Crippen LogP contribution < -0.4 is 15.2 Å². The Morgan fingerprint density at radius 2 is 2.00 bits per heavy atom. The largest absolute Gasteiger partial charge is 0.495 e. The van der Waals surface area contributed by atoms with Gasteiger partial charge in [-0.15, -0.1) is 0 Å². The van der Waals surface area contributed by atoms with Crippen LogP contribution in [0, 0.1) is 5.92 Å². The van der Waals surface area contributed by atoms with Crippen molar-refractivity contribution in [3.63, 3.8) is 0 Å². The van der Waals surface area contributed by atoms with Crippen molar-refractivity contribution in [1.29, 1.82) is 0 Å². The van der Waals surface area contributed by atoms with Gasteiger partial charge in [-0.3, -0.25) is 0 Å². The Bertz CT molecular complexity index is 566. The Labute approximate surface area is 126 Å². The van der Waals surface area contributed by atoms with Crippen LogP contribution in [-0.4, -0.2) is 22.1 Å². The quantitative estimate of drug-likeness (QED) is 0.791. The Morgan fingerprint density at radius 3 is 2.67 bits per heavy atom. The molecule has 0 atom stereocenters. The minimum absolute atomic E-state index is 0.192. The maximum Gasteiger partial charge on any atom is 0.240 e. The Hall–Kier alpha value is -1.27. The number of ether oxygens (including phenoxy) is 1. The minimum atomic E-state index is -3.50. The number of nitrogens with one attached hydrogen (secondary N) is 1. The lowest BCUT2D eigenvalue weighted by atomic mass is 9.87. The number of benzene rings is 1. The molecule has 1 saturated carbocycles. The van der Waals surface area contributed by atoms with E-state index in [1.807, 2.05) is 0 Å². The molecule has 0 amide bonds. The average Bonchev–Trinajstić information content (AvgIpc) is 2.48. The van der Waals surface area contributed by atoms with Gasteiger partial charge in [-0.05, 0) is 24.5 Å². The number of hydrogen-bond donors (Lipinski definition) is 2. The molecule has 6 heteroatoms. The summed E-state index contributed by atoms with van der Waals surface area (Å²) >= 11 is 0. The first-order valence-electron chi connectivity index (χ1n) is 7.46. The summed E-state index contributed by atoms with van der Waals surface area (Å²) in [4.78, 5) is 0.192. The van der Waals surface area contributed by atoms with Gasteiger partial charge in [0.25, 0.3) is 0 Å². The number of hydrogen-bond acceptors (Lipinski definition) is 4. The van der Waals surface area contributed by atoms with Crippen molar-refractivity contribution in [3.8, 4) is 5.75 Å². The highest BCUT2D eigenvalue weighted by Gasteiger charge is 2.18. The molecule has 0 heterocycles.